The molecule has 6 heteroatoms. The first-order chi connectivity index (χ1) is 7.15. The second kappa shape index (κ2) is 5.26. The number of nitro groups is 1. The number of hydrogen-bond acceptors (Lipinski definition) is 5. The van der Waals surface area contributed by atoms with Crippen molar-refractivity contribution in [3.05, 3.63) is 27.9 Å². The Balaban J connectivity index is 2.69. The second-order valence-corrected chi connectivity index (χ2v) is 2.98. The molecule has 0 spiro atoms. The van der Waals surface area contributed by atoms with Gasteiger partial charge in [0.2, 0.25) is 0 Å². The molecule has 0 unspecified atom stereocenters. The molecule has 15 heavy (non-hydrogen) atoms. The zero-order valence-corrected chi connectivity index (χ0v) is 8.69. The van der Waals surface area contributed by atoms with Crippen LogP contribution in [-0.4, -0.2) is 30.2 Å². The number of hydrogen-bond donors (Lipinski definition) is 1. The van der Waals surface area contributed by atoms with Gasteiger partial charge >= 0.3 is 0 Å². The number of methoxy groups -OCH3 is 1. The molecule has 0 aliphatic heterocycles. The summed E-state index contributed by atoms with van der Waals surface area (Å²) in [4.78, 5) is 14.1. The summed E-state index contributed by atoms with van der Waals surface area (Å²) in [5, 5.41) is 13.5. The summed E-state index contributed by atoms with van der Waals surface area (Å²) in [6, 6.07) is 3.03. The molecule has 0 aromatic carbocycles. The van der Waals surface area contributed by atoms with E-state index >= 15 is 0 Å². The number of pyridine rings is 1. The maximum absolute atomic E-state index is 10.5. The Kier molecular flexibility index (Phi) is 3.99. The molecular formula is C9H13N3O3. The van der Waals surface area contributed by atoms with Crippen LogP contribution in [0.4, 0.5) is 11.5 Å². The van der Waals surface area contributed by atoms with Crippen LogP contribution in [0.3, 0.4) is 0 Å². The highest BCUT2D eigenvalue weighted by Crippen LogP contribution is 2.17. The summed E-state index contributed by atoms with van der Waals surface area (Å²) < 4.78 is 4.86. The van der Waals surface area contributed by atoms with Crippen LogP contribution in [0.1, 0.15) is 5.69 Å². The molecule has 0 bridgehead atoms. The fourth-order valence-corrected chi connectivity index (χ4v) is 1.13. The van der Waals surface area contributed by atoms with E-state index in [1.807, 2.05) is 0 Å². The Morgan fingerprint density at radius 1 is 1.60 bits per heavy atom. The predicted octanol–water partition coefficient (Wildman–Crippen LogP) is 1.36. The highest BCUT2D eigenvalue weighted by Gasteiger charge is 2.11. The van der Waals surface area contributed by atoms with Crippen molar-refractivity contribution in [3.63, 3.8) is 0 Å². The van der Waals surface area contributed by atoms with Gasteiger partial charge in [-0.1, -0.05) is 0 Å². The molecule has 1 heterocycles. The van der Waals surface area contributed by atoms with Crippen LogP contribution in [0, 0.1) is 17.0 Å². The van der Waals surface area contributed by atoms with Gasteiger partial charge in [0.15, 0.2) is 0 Å². The number of nitrogens with one attached hydrogen (secondary N) is 1. The molecular weight excluding hydrogens is 198 g/mol. The fourth-order valence-electron chi connectivity index (χ4n) is 1.13. The van der Waals surface area contributed by atoms with Gasteiger partial charge < -0.3 is 10.1 Å². The molecule has 82 valence electrons. The van der Waals surface area contributed by atoms with Gasteiger partial charge in [0.1, 0.15) is 11.5 Å². The van der Waals surface area contributed by atoms with Gasteiger partial charge in [0.05, 0.1) is 11.5 Å². The number of ether oxygens (including phenoxy) is 1. The molecule has 0 fully saturated rings. The molecule has 0 aliphatic carbocycles. The van der Waals surface area contributed by atoms with Crippen molar-refractivity contribution in [1.29, 1.82) is 0 Å². The molecule has 0 radical (unpaired) electrons. The van der Waals surface area contributed by atoms with Crippen molar-refractivity contribution in [1.82, 2.24) is 4.98 Å². The van der Waals surface area contributed by atoms with Gasteiger partial charge in [-0.25, -0.2) is 4.98 Å². The summed E-state index contributed by atoms with van der Waals surface area (Å²) in [5.41, 5.74) is 0.440. The van der Waals surface area contributed by atoms with Crippen molar-refractivity contribution < 1.29 is 9.66 Å². The lowest BCUT2D eigenvalue weighted by Crippen LogP contribution is -2.09. The van der Waals surface area contributed by atoms with Crippen molar-refractivity contribution >= 4 is 11.5 Å². The first-order valence-corrected chi connectivity index (χ1v) is 4.50. The van der Waals surface area contributed by atoms with E-state index in [2.05, 4.69) is 10.3 Å². The summed E-state index contributed by atoms with van der Waals surface area (Å²) in [5.74, 6) is 0.621. The zero-order chi connectivity index (χ0) is 11.3. The van der Waals surface area contributed by atoms with E-state index in [1.165, 1.54) is 6.07 Å². The van der Waals surface area contributed by atoms with Crippen LogP contribution in [-0.2, 0) is 4.74 Å². The number of aryl methyl sites for hydroxylation is 1. The predicted molar refractivity (Wildman–Crippen MR) is 56.0 cm³/mol. The quantitative estimate of drug-likeness (QED) is 0.452. The average Bonchev–Trinajstić information content (AvgIpc) is 2.17. The Morgan fingerprint density at radius 3 is 2.87 bits per heavy atom. The lowest BCUT2D eigenvalue weighted by Gasteiger charge is -2.05. The van der Waals surface area contributed by atoms with Crippen molar-refractivity contribution in [2.45, 2.75) is 6.92 Å². The van der Waals surface area contributed by atoms with E-state index in [-0.39, 0.29) is 5.69 Å². The van der Waals surface area contributed by atoms with Crippen LogP contribution >= 0.6 is 0 Å². The molecule has 0 atom stereocenters. The fraction of sp³-hybridized carbons (Fsp3) is 0.444. The number of anilines is 1. The van der Waals surface area contributed by atoms with Crippen LogP contribution in [0.5, 0.6) is 0 Å². The average molecular weight is 211 g/mol. The van der Waals surface area contributed by atoms with Crippen molar-refractivity contribution in [2.24, 2.45) is 0 Å². The van der Waals surface area contributed by atoms with Crippen LogP contribution < -0.4 is 5.32 Å². The minimum atomic E-state index is -0.443. The van der Waals surface area contributed by atoms with Gasteiger partial charge in [-0.05, 0) is 13.0 Å². The molecule has 1 aromatic rings. The normalized spacial score (nSPS) is 10.0. The Hall–Kier alpha value is -1.69. The third-order valence-corrected chi connectivity index (χ3v) is 1.87. The van der Waals surface area contributed by atoms with E-state index in [9.17, 15) is 10.1 Å². The summed E-state index contributed by atoms with van der Waals surface area (Å²) in [6.07, 6.45) is 0. The Morgan fingerprint density at radius 2 is 2.33 bits per heavy atom. The van der Waals surface area contributed by atoms with Gasteiger partial charge in [0, 0.05) is 19.7 Å². The lowest BCUT2D eigenvalue weighted by atomic mass is 10.3. The van der Waals surface area contributed by atoms with Crippen LogP contribution in [0.2, 0.25) is 0 Å². The van der Waals surface area contributed by atoms with E-state index in [0.29, 0.717) is 24.7 Å². The largest absolute Gasteiger partial charge is 0.383 e. The van der Waals surface area contributed by atoms with Crippen LogP contribution in [0.15, 0.2) is 12.1 Å². The van der Waals surface area contributed by atoms with Gasteiger partial charge in [-0.2, -0.15) is 0 Å². The molecule has 0 aliphatic rings. The molecule has 1 rings (SSSR count). The smallest absolute Gasteiger partial charge is 0.290 e. The van der Waals surface area contributed by atoms with E-state index in [0.717, 1.165) is 0 Å². The molecule has 1 aromatic heterocycles. The zero-order valence-electron chi connectivity index (χ0n) is 8.69. The first-order valence-electron chi connectivity index (χ1n) is 4.50. The highest BCUT2D eigenvalue weighted by atomic mass is 16.6. The Labute approximate surface area is 87.4 Å². The summed E-state index contributed by atoms with van der Waals surface area (Å²) in [7, 11) is 1.61. The topological polar surface area (TPSA) is 77.3 Å². The van der Waals surface area contributed by atoms with Gasteiger partial charge in [0.25, 0.3) is 5.69 Å². The number of nitrogens with zero attached hydrogens (tertiary/aromatic N) is 2. The molecule has 1 N–H and O–H groups in total. The first kappa shape index (κ1) is 11.4. The summed E-state index contributed by atoms with van der Waals surface area (Å²) in [6.45, 7) is 2.80. The van der Waals surface area contributed by atoms with Crippen LogP contribution in [0.25, 0.3) is 0 Å². The number of aromatic nitrogens is 1. The monoisotopic (exact) mass is 211 g/mol. The SMILES string of the molecule is COCCNc1ccc([N+](=O)[O-])c(C)n1. The minimum absolute atomic E-state index is 0.0345. The standard InChI is InChI=1S/C9H13N3O3/c1-7-8(12(13)14)3-4-9(11-7)10-5-6-15-2/h3-4H,5-6H2,1-2H3,(H,10,11). The van der Waals surface area contributed by atoms with E-state index in [1.54, 1.807) is 20.1 Å². The maximum Gasteiger partial charge on any atom is 0.290 e. The number of rotatable bonds is 5. The summed E-state index contributed by atoms with van der Waals surface area (Å²) >= 11 is 0. The minimum Gasteiger partial charge on any atom is -0.383 e. The van der Waals surface area contributed by atoms with Gasteiger partial charge in [-0.3, -0.25) is 10.1 Å². The maximum atomic E-state index is 10.5. The molecule has 0 saturated heterocycles. The third kappa shape index (κ3) is 3.17. The second-order valence-electron chi connectivity index (χ2n) is 2.98. The molecule has 0 saturated carbocycles. The third-order valence-electron chi connectivity index (χ3n) is 1.87. The van der Waals surface area contributed by atoms with Crippen molar-refractivity contribution in [2.75, 3.05) is 25.6 Å². The van der Waals surface area contributed by atoms with E-state index in [4.69, 9.17) is 4.74 Å². The van der Waals surface area contributed by atoms with E-state index < -0.39 is 4.92 Å². The molecule has 0 amide bonds. The highest BCUT2D eigenvalue weighted by molar-refractivity contribution is 5.44. The molecule has 6 nitrogen and oxygen atoms in total. The van der Waals surface area contributed by atoms with Gasteiger partial charge in [-0.15, -0.1) is 0 Å². The Bertz CT molecular complexity index is 354. The van der Waals surface area contributed by atoms with Crippen molar-refractivity contribution in [3.8, 4) is 0 Å². The lowest BCUT2D eigenvalue weighted by molar-refractivity contribution is -0.385.